The Bertz CT molecular complexity index is 1120. The zero-order chi connectivity index (χ0) is 22.3. The van der Waals surface area contributed by atoms with E-state index >= 15 is 0 Å². The van der Waals surface area contributed by atoms with Crippen LogP contribution in [-0.4, -0.2) is 39.6 Å². The molecule has 0 aliphatic carbocycles. The Hall–Kier alpha value is -2.72. The van der Waals surface area contributed by atoms with E-state index in [0.29, 0.717) is 36.2 Å². The van der Waals surface area contributed by atoms with Crippen LogP contribution in [0.25, 0.3) is 22.3 Å². The fourth-order valence-electron chi connectivity index (χ4n) is 4.72. The topological polar surface area (TPSA) is 102 Å². The number of pyridine rings is 1. The maximum Gasteiger partial charge on any atom is 0.420 e. The van der Waals surface area contributed by atoms with Crippen LogP contribution in [-0.2, 0) is 10.9 Å². The highest BCUT2D eigenvalue weighted by molar-refractivity contribution is 5.93. The fourth-order valence-corrected chi connectivity index (χ4v) is 4.72. The van der Waals surface area contributed by atoms with Crippen LogP contribution in [0.3, 0.4) is 0 Å². The lowest BCUT2D eigenvalue weighted by Crippen LogP contribution is -2.31. The molecule has 2 aliphatic rings. The van der Waals surface area contributed by atoms with Crippen LogP contribution in [0.15, 0.2) is 18.3 Å². The van der Waals surface area contributed by atoms with Gasteiger partial charge >= 0.3 is 6.18 Å². The van der Waals surface area contributed by atoms with Crippen molar-refractivity contribution in [2.24, 2.45) is 0 Å². The number of nitrogens with one attached hydrogen (secondary N) is 2. The Balaban J connectivity index is 1.63. The van der Waals surface area contributed by atoms with E-state index in [2.05, 4.69) is 25.3 Å². The minimum atomic E-state index is -4.62. The number of hydrogen-bond donors (Lipinski definition) is 3. The van der Waals surface area contributed by atoms with E-state index in [0.717, 1.165) is 37.9 Å². The molecule has 0 radical (unpaired) electrons. The van der Waals surface area contributed by atoms with E-state index in [1.165, 1.54) is 6.20 Å². The van der Waals surface area contributed by atoms with E-state index in [4.69, 9.17) is 10.5 Å². The lowest BCUT2D eigenvalue weighted by atomic mass is 9.90. The lowest BCUT2D eigenvalue weighted by molar-refractivity contribution is -0.138. The van der Waals surface area contributed by atoms with Crippen molar-refractivity contribution in [3.8, 4) is 11.3 Å². The Kier molecular flexibility index (Phi) is 5.50. The molecule has 2 fully saturated rings. The smallest absolute Gasteiger partial charge is 0.372 e. The Morgan fingerprint density at radius 3 is 2.66 bits per heavy atom. The molecule has 7 nitrogen and oxygen atoms in total. The number of piperidine rings is 1. The summed E-state index contributed by atoms with van der Waals surface area (Å²) in [5.41, 5.74) is 6.42. The molecule has 0 saturated carbocycles. The molecule has 5 rings (SSSR count). The van der Waals surface area contributed by atoms with Crippen molar-refractivity contribution in [3.05, 3.63) is 35.3 Å². The Labute approximate surface area is 183 Å². The maximum atomic E-state index is 14.3. The first kappa shape index (κ1) is 21.1. The second-order valence-electron chi connectivity index (χ2n) is 8.42. The third-order valence-corrected chi connectivity index (χ3v) is 6.25. The summed E-state index contributed by atoms with van der Waals surface area (Å²) in [5.74, 6) is -0.536. The van der Waals surface area contributed by atoms with Gasteiger partial charge in [-0.2, -0.15) is 13.2 Å². The van der Waals surface area contributed by atoms with Gasteiger partial charge in [-0.25, -0.2) is 15.0 Å². The molecule has 1 unspecified atom stereocenters. The second kappa shape index (κ2) is 8.32. The summed E-state index contributed by atoms with van der Waals surface area (Å²) in [7, 11) is 0. The summed E-state index contributed by atoms with van der Waals surface area (Å²) < 4.78 is 48.7. The minimum Gasteiger partial charge on any atom is -0.372 e. The molecule has 2 atom stereocenters. The van der Waals surface area contributed by atoms with Gasteiger partial charge in [-0.1, -0.05) is 0 Å². The predicted molar refractivity (Wildman–Crippen MR) is 114 cm³/mol. The molecule has 0 amide bonds. The number of aromatic amines is 1. The van der Waals surface area contributed by atoms with Gasteiger partial charge in [0.2, 0.25) is 5.95 Å². The van der Waals surface area contributed by atoms with E-state index < -0.39 is 11.7 Å². The van der Waals surface area contributed by atoms with Crippen molar-refractivity contribution in [2.45, 2.75) is 50.3 Å². The van der Waals surface area contributed by atoms with Gasteiger partial charge in [-0.05, 0) is 50.8 Å². The molecular formula is C22H25F3N6O. The highest BCUT2D eigenvalue weighted by Gasteiger charge is 2.41. The van der Waals surface area contributed by atoms with E-state index in [1.807, 2.05) is 6.07 Å². The molecule has 3 aromatic heterocycles. The number of nitrogen functional groups attached to an aromatic ring is 1. The van der Waals surface area contributed by atoms with Crippen molar-refractivity contribution < 1.29 is 17.9 Å². The molecule has 2 aliphatic heterocycles. The number of fused-ring (bicyclic) bond motifs is 1. The zero-order valence-corrected chi connectivity index (χ0v) is 17.5. The minimum absolute atomic E-state index is 0.0401. The highest BCUT2D eigenvalue weighted by atomic mass is 19.4. The van der Waals surface area contributed by atoms with Crippen molar-refractivity contribution >= 4 is 17.0 Å². The third kappa shape index (κ3) is 3.93. The summed E-state index contributed by atoms with van der Waals surface area (Å²) in [6.45, 7) is 1.90. The van der Waals surface area contributed by atoms with Crippen molar-refractivity contribution in [2.75, 3.05) is 25.4 Å². The van der Waals surface area contributed by atoms with Gasteiger partial charge in [0.15, 0.2) is 0 Å². The van der Waals surface area contributed by atoms with Crippen LogP contribution < -0.4 is 11.1 Å². The van der Waals surface area contributed by atoms with Gasteiger partial charge < -0.3 is 20.8 Å². The Morgan fingerprint density at radius 1 is 1.06 bits per heavy atom. The lowest BCUT2D eigenvalue weighted by Gasteiger charge is -2.26. The summed E-state index contributed by atoms with van der Waals surface area (Å²) in [4.78, 5) is 15.7. The average molecular weight is 446 g/mol. The number of nitrogens with zero attached hydrogens (tertiary/aromatic N) is 3. The number of rotatable bonds is 3. The van der Waals surface area contributed by atoms with E-state index in [-0.39, 0.29) is 29.4 Å². The number of H-pyrrole nitrogens is 1. The number of alkyl halides is 3. The zero-order valence-electron chi connectivity index (χ0n) is 17.5. The monoisotopic (exact) mass is 446 g/mol. The van der Waals surface area contributed by atoms with Gasteiger partial charge in [0.05, 0.1) is 23.2 Å². The van der Waals surface area contributed by atoms with Gasteiger partial charge in [0, 0.05) is 36.2 Å². The quantitative estimate of drug-likeness (QED) is 0.554. The SMILES string of the molecule is Nc1nc(-c2c[nH]c3nc(C4CCCCO4)ccc23)c(C(F)(F)F)c([C@H]2CCCNC2)n1. The third-order valence-electron chi connectivity index (χ3n) is 6.25. The molecule has 3 aromatic rings. The first-order valence-electron chi connectivity index (χ1n) is 11.0. The number of ether oxygens (including phenoxy) is 1. The summed E-state index contributed by atoms with van der Waals surface area (Å²) in [5, 5.41) is 3.71. The van der Waals surface area contributed by atoms with Crippen LogP contribution in [0.2, 0.25) is 0 Å². The molecule has 0 bridgehead atoms. The van der Waals surface area contributed by atoms with Crippen LogP contribution in [0.5, 0.6) is 0 Å². The number of halogens is 3. The number of anilines is 1. The standard InChI is InChI=1S/C22H25F3N6O/c23-22(24,25)17-18(12-4-3-8-27-10-12)30-21(26)31-19(17)14-11-28-20-13(14)6-7-15(29-20)16-5-1-2-9-32-16/h6-7,11-12,16,27H,1-5,8-10H2,(H,28,29)(H2,26,30,31)/t12-,16?/m0/s1. The molecular weight excluding hydrogens is 421 g/mol. The molecule has 5 heterocycles. The predicted octanol–water partition coefficient (Wildman–Crippen LogP) is 4.33. The molecule has 4 N–H and O–H groups in total. The van der Waals surface area contributed by atoms with E-state index in [1.54, 1.807) is 6.07 Å². The van der Waals surface area contributed by atoms with Gasteiger partial charge in [0.25, 0.3) is 0 Å². The Morgan fingerprint density at radius 2 is 1.94 bits per heavy atom. The van der Waals surface area contributed by atoms with Crippen LogP contribution in [0.4, 0.5) is 19.1 Å². The van der Waals surface area contributed by atoms with E-state index in [9.17, 15) is 13.2 Å². The summed E-state index contributed by atoms with van der Waals surface area (Å²) in [6, 6.07) is 3.60. The largest absolute Gasteiger partial charge is 0.420 e. The van der Waals surface area contributed by atoms with Crippen LogP contribution in [0.1, 0.15) is 61.1 Å². The average Bonchev–Trinajstić information content (AvgIpc) is 3.22. The highest BCUT2D eigenvalue weighted by Crippen LogP contribution is 2.43. The molecule has 0 spiro atoms. The van der Waals surface area contributed by atoms with Crippen molar-refractivity contribution in [3.63, 3.8) is 0 Å². The van der Waals surface area contributed by atoms with Crippen LogP contribution in [0, 0.1) is 0 Å². The van der Waals surface area contributed by atoms with Crippen molar-refractivity contribution in [1.82, 2.24) is 25.3 Å². The molecule has 170 valence electrons. The first-order chi connectivity index (χ1) is 15.4. The maximum absolute atomic E-state index is 14.3. The number of aromatic nitrogens is 4. The molecule has 32 heavy (non-hydrogen) atoms. The first-order valence-corrected chi connectivity index (χ1v) is 11.0. The summed E-state index contributed by atoms with van der Waals surface area (Å²) in [6.07, 6.45) is 1.17. The number of hydrogen-bond acceptors (Lipinski definition) is 6. The fraction of sp³-hybridized carbons (Fsp3) is 0.500. The molecule has 10 heteroatoms. The van der Waals surface area contributed by atoms with Crippen molar-refractivity contribution in [1.29, 1.82) is 0 Å². The number of nitrogens with two attached hydrogens (primary N) is 1. The van der Waals surface area contributed by atoms with Gasteiger partial charge in [-0.3, -0.25) is 0 Å². The second-order valence-corrected chi connectivity index (χ2v) is 8.42. The molecule has 0 aromatic carbocycles. The van der Waals surface area contributed by atoms with Gasteiger partial charge in [-0.15, -0.1) is 0 Å². The van der Waals surface area contributed by atoms with Gasteiger partial charge in [0.1, 0.15) is 11.2 Å². The summed E-state index contributed by atoms with van der Waals surface area (Å²) >= 11 is 0. The van der Waals surface area contributed by atoms with Crippen LogP contribution >= 0.6 is 0 Å². The molecule has 2 saturated heterocycles. The normalized spacial score (nSPS) is 22.3.